The summed E-state index contributed by atoms with van der Waals surface area (Å²) in [6.07, 6.45) is 0.653. The lowest BCUT2D eigenvalue weighted by Crippen LogP contribution is -2.38. The van der Waals surface area contributed by atoms with Gasteiger partial charge in [-0.15, -0.1) is 0 Å². The molecule has 0 N–H and O–H groups in total. The second kappa shape index (κ2) is 10.7. The van der Waals surface area contributed by atoms with Gasteiger partial charge in [-0.1, -0.05) is 58.0 Å². The number of ether oxygens (including phenoxy) is 1. The fourth-order valence-corrected chi connectivity index (χ4v) is 4.25. The third-order valence-electron chi connectivity index (χ3n) is 5.43. The number of non-ortho nitro benzene ring substituents is 1. The molecule has 0 saturated carbocycles. The Balaban J connectivity index is 2.02. The first-order valence-electron chi connectivity index (χ1n) is 11.3. The van der Waals surface area contributed by atoms with E-state index in [9.17, 15) is 10.1 Å². The van der Waals surface area contributed by atoms with Gasteiger partial charge in [-0.05, 0) is 29.9 Å². The average Bonchev–Trinajstić information content (AvgIpc) is 2.73. The summed E-state index contributed by atoms with van der Waals surface area (Å²) in [6.45, 7) is 12.9. The van der Waals surface area contributed by atoms with Gasteiger partial charge in [-0.2, -0.15) is 0 Å². The van der Waals surface area contributed by atoms with E-state index in [1.807, 2.05) is 24.3 Å². The number of nitrogens with zero attached hydrogens (tertiary/aromatic N) is 3. The van der Waals surface area contributed by atoms with E-state index in [0.29, 0.717) is 18.4 Å². The Morgan fingerprint density at radius 2 is 1.77 bits per heavy atom. The molecule has 3 rings (SSSR count). The van der Waals surface area contributed by atoms with Crippen molar-refractivity contribution in [3.8, 4) is 0 Å². The lowest BCUT2D eigenvalue weighted by atomic mass is 10.0. The van der Waals surface area contributed by atoms with Crippen LogP contribution in [0.3, 0.4) is 0 Å². The number of anilines is 1. The van der Waals surface area contributed by atoms with Crippen LogP contribution in [0.1, 0.15) is 51.5 Å². The Bertz CT molecular complexity index is 844. The molecular weight excluding hydrogens is 390 g/mol. The Hall–Kier alpha value is -2.44. The van der Waals surface area contributed by atoms with Crippen molar-refractivity contribution in [3.05, 3.63) is 69.8 Å². The van der Waals surface area contributed by atoms with Crippen LogP contribution < -0.4 is 4.90 Å². The average molecular weight is 426 g/mol. The predicted molar refractivity (Wildman–Crippen MR) is 125 cm³/mol. The number of hydrogen-bond acceptors (Lipinski definition) is 5. The lowest BCUT2D eigenvalue weighted by molar-refractivity contribution is -0.385. The fraction of sp³-hybridized carbons (Fsp3) is 0.520. The Labute approximate surface area is 186 Å². The summed E-state index contributed by atoms with van der Waals surface area (Å²) in [5.74, 6) is 0.962. The number of nitro groups is 1. The van der Waals surface area contributed by atoms with E-state index < -0.39 is 0 Å². The van der Waals surface area contributed by atoms with Gasteiger partial charge in [0.1, 0.15) is 6.23 Å². The van der Waals surface area contributed by atoms with E-state index in [2.05, 4.69) is 49.6 Å². The summed E-state index contributed by atoms with van der Waals surface area (Å²) in [6, 6.07) is 15.6. The predicted octanol–water partition coefficient (Wildman–Crippen LogP) is 5.63. The normalized spacial score (nSPS) is 17.3. The molecule has 0 aromatic heterocycles. The molecule has 1 aliphatic rings. The summed E-state index contributed by atoms with van der Waals surface area (Å²) in [5, 5.41) is 11.6. The molecule has 168 valence electrons. The maximum atomic E-state index is 11.6. The third-order valence-corrected chi connectivity index (χ3v) is 5.43. The van der Waals surface area contributed by atoms with Gasteiger partial charge < -0.3 is 9.64 Å². The van der Waals surface area contributed by atoms with Crippen LogP contribution >= 0.6 is 0 Å². The number of nitro benzene ring substituents is 1. The Kier molecular flexibility index (Phi) is 8.04. The summed E-state index contributed by atoms with van der Waals surface area (Å²) in [4.78, 5) is 15.9. The van der Waals surface area contributed by atoms with Gasteiger partial charge in [0.15, 0.2) is 0 Å². The highest BCUT2D eigenvalue weighted by atomic mass is 16.6. The minimum atomic E-state index is -0.313. The zero-order chi connectivity index (χ0) is 22.4. The molecule has 1 aliphatic heterocycles. The molecule has 6 heteroatoms. The first-order valence-corrected chi connectivity index (χ1v) is 11.3. The number of benzene rings is 2. The molecule has 1 saturated heterocycles. The maximum Gasteiger partial charge on any atom is 0.270 e. The molecule has 2 aromatic carbocycles. The fourth-order valence-electron chi connectivity index (χ4n) is 4.25. The molecule has 0 unspecified atom stereocenters. The van der Waals surface area contributed by atoms with Crippen molar-refractivity contribution in [2.45, 2.75) is 46.9 Å². The van der Waals surface area contributed by atoms with Crippen LogP contribution in [0.25, 0.3) is 0 Å². The van der Waals surface area contributed by atoms with Gasteiger partial charge in [0.25, 0.3) is 5.69 Å². The molecule has 0 bridgehead atoms. The van der Waals surface area contributed by atoms with Crippen LogP contribution in [0.15, 0.2) is 48.5 Å². The zero-order valence-electron chi connectivity index (χ0n) is 19.2. The van der Waals surface area contributed by atoms with Crippen molar-refractivity contribution in [2.75, 3.05) is 31.1 Å². The molecule has 0 amide bonds. The van der Waals surface area contributed by atoms with Crippen LogP contribution in [0.2, 0.25) is 0 Å². The van der Waals surface area contributed by atoms with Gasteiger partial charge in [0.05, 0.1) is 11.5 Å². The lowest BCUT2D eigenvalue weighted by Gasteiger charge is -2.39. The second-order valence-corrected chi connectivity index (χ2v) is 9.23. The molecule has 0 radical (unpaired) electrons. The van der Waals surface area contributed by atoms with Gasteiger partial charge in [-0.3, -0.25) is 15.0 Å². The van der Waals surface area contributed by atoms with Crippen molar-refractivity contribution >= 4 is 11.4 Å². The quantitative estimate of drug-likeness (QED) is 0.385. The summed E-state index contributed by atoms with van der Waals surface area (Å²) >= 11 is 0. The Morgan fingerprint density at radius 1 is 1.10 bits per heavy atom. The highest BCUT2D eigenvalue weighted by Crippen LogP contribution is 2.37. The van der Waals surface area contributed by atoms with Crippen LogP contribution in [-0.4, -0.2) is 36.1 Å². The van der Waals surface area contributed by atoms with E-state index >= 15 is 0 Å². The van der Waals surface area contributed by atoms with E-state index in [-0.39, 0.29) is 16.8 Å². The molecule has 1 fully saturated rings. The van der Waals surface area contributed by atoms with Crippen molar-refractivity contribution in [3.63, 3.8) is 0 Å². The summed E-state index contributed by atoms with van der Waals surface area (Å²) in [7, 11) is 0. The molecule has 0 aliphatic carbocycles. The van der Waals surface area contributed by atoms with Crippen molar-refractivity contribution < 1.29 is 9.66 Å². The largest absolute Gasteiger partial charge is 0.371 e. The SMILES string of the molecule is CC(C)CN(CC(C)C)c1ccc([N+](=O)[O-])cc1[C@H]1OCCCN1Cc1ccccc1. The zero-order valence-corrected chi connectivity index (χ0v) is 19.2. The van der Waals surface area contributed by atoms with Gasteiger partial charge in [0, 0.05) is 49.6 Å². The Morgan fingerprint density at radius 3 is 2.39 bits per heavy atom. The molecule has 6 nitrogen and oxygen atoms in total. The number of hydrogen-bond donors (Lipinski definition) is 0. The molecular formula is C25H35N3O3. The first-order chi connectivity index (χ1) is 14.8. The monoisotopic (exact) mass is 425 g/mol. The standard InChI is InChI=1S/C25H35N3O3/c1-19(2)16-27(17-20(3)4)24-12-11-22(28(29)30)15-23(24)25-26(13-8-14-31-25)18-21-9-6-5-7-10-21/h5-7,9-12,15,19-20,25H,8,13-14,16-18H2,1-4H3/t25-/m1/s1. The van der Waals surface area contributed by atoms with Crippen LogP contribution in [0.4, 0.5) is 11.4 Å². The van der Waals surface area contributed by atoms with Crippen molar-refractivity contribution in [1.82, 2.24) is 4.90 Å². The maximum absolute atomic E-state index is 11.6. The van der Waals surface area contributed by atoms with E-state index in [4.69, 9.17) is 4.74 Å². The minimum absolute atomic E-state index is 0.113. The van der Waals surface area contributed by atoms with Crippen LogP contribution in [0.5, 0.6) is 0 Å². The second-order valence-electron chi connectivity index (χ2n) is 9.23. The highest BCUT2D eigenvalue weighted by molar-refractivity contribution is 5.59. The van der Waals surface area contributed by atoms with Crippen molar-refractivity contribution in [2.24, 2.45) is 11.8 Å². The topological polar surface area (TPSA) is 58.9 Å². The molecule has 1 atom stereocenters. The third kappa shape index (κ3) is 6.28. The summed E-state index contributed by atoms with van der Waals surface area (Å²) in [5.41, 5.74) is 3.26. The van der Waals surface area contributed by atoms with Gasteiger partial charge in [-0.25, -0.2) is 0 Å². The van der Waals surface area contributed by atoms with Crippen LogP contribution in [0, 0.1) is 22.0 Å². The highest BCUT2D eigenvalue weighted by Gasteiger charge is 2.30. The van der Waals surface area contributed by atoms with Gasteiger partial charge >= 0.3 is 0 Å². The van der Waals surface area contributed by atoms with Crippen LogP contribution in [-0.2, 0) is 11.3 Å². The molecule has 1 heterocycles. The van der Waals surface area contributed by atoms with E-state index in [0.717, 1.165) is 43.9 Å². The molecule has 2 aromatic rings. The van der Waals surface area contributed by atoms with E-state index in [1.54, 1.807) is 12.1 Å². The summed E-state index contributed by atoms with van der Waals surface area (Å²) < 4.78 is 6.26. The first kappa shape index (κ1) is 23.2. The van der Waals surface area contributed by atoms with E-state index in [1.165, 1.54) is 5.56 Å². The smallest absolute Gasteiger partial charge is 0.270 e. The molecule has 0 spiro atoms. The minimum Gasteiger partial charge on any atom is -0.371 e. The van der Waals surface area contributed by atoms with Crippen molar-refractivity contribution in [1.29, 1.82) is 0 Å². The number of rotatable bonds is 9. The van der Waals surface area contributed by atoms with Gasteiger partial charge in [0.2, 0.25) is 0 Å². The molecule has 31 heavy (non-hydrogen) atoms.